The fourth-order valence-electron chi connectivity index (χ4n) is 5.15. The lowest BCUT2D eigenvalue weighted by molar-refractivity contribution is -0.152. The van der Waals surface area contributed by atoms with Gasteiger partial charge < -0.3 is 19.3 Å². The van der Waals surface area contributed by atoms with Crippen molar-refractivity contribution in [3.8, 4) is 0 Å². The summed E-state index contributed by atoms with van der Waals surface area (Å²) in [6.07, 6.45) is 2.78. The van der Waals surface area contributed by atoms with Gasteiger partial charge >= 0.3 is 11.9 Å². The van der Waals surface area contributed by atoms with Crippen LogP contribution < -0.4 is 0 Å². The molecule has 142 valence electrons. The Kier molecular flexibility index (Phi) is 3.70. The molecule has 6 nitrogen and oxygen atoms in total. The molecule has 2 heterocycles. The van der Waals surface area contributed by atoms with Gasteiger partial charge in [0.15, 0.2) is 0 Å². The first-order chi connectivity index (χ1) is 12.1. The third kappa shape index (κ3) is 2.18. The lowest BCUT2D eigenvalue weighted by Gasteiger charge is -2.38. The maximum absolute atomic E-state index is 12.4. The van der Waals surface area contributed by atoms with Crippen molar-refractivity contribution >= 4 is 11.9 Å². The first-order valence-corrected chi connectivity index (χ1v) is 9.27. The van der Waals surface area contributed by atoms with Gasteiger partial charge in [0, 0.05) is 12.0 Å². The van der Waals surface area contributed by atoms with Crippen molar-refractivity contribution in [2.24, 2.45) is 17.8 Å². The predicted octanol–water partition coefficient (Wildman–Crippen LogP) is 1.91. The van der Waals surface area contributed by atoms with Gasteiger partial charge in [-0.3, -0.25) is 4.79 Å². The van der Waals surface area contributed by atoms with Crippen molar-refractivity contribution in [1.29, 1.82) is 0 Å². The molecule has 8 atom stereocenters. The van der Waals surface area contributed by atoms with Crippen LogP contribution in [-0.2, 0) is 23.8 Å². The van der Waals surface area contributed by atoms with E-state index < -0.39 is 35.3 Å². The summed E-state index contributed by atoms with van der Waals surface area (Å²) in [5.41, 5.74) is -0.351. The fraction of sp³-hybridized carbons (Fsp3) is 0.700. The number of epoxide rings is 1. The molecule has 0 unspecified atom stereocenters. The van der Waals surface area contributed by atoms with Crippen LogP contribution in [0, 0.1) is 17.8 Å². The maximum atomic E-state index is 12.4. The Bertz CT molecular complexity index is 739. The number of ether oxygens (including phenoxy) is 3. The summed E-state index contributed by atoms with van der Waals surface area (Å²) in [7, 11) is 0. The summed E-state index contributed by atoms with van der Waals surface area (Å²) < 4.78 is 17.3. The minimum atomic E-state index is -1.11. The number of rotatable bonds is 2. The van der Waals surface area contributed by atoms with E-state index in [0.717, 1.165) is 5.57 Å². The highest BCUT2D eigenvalue weighted by Crippen LogP contribution is 2.64. The monoisotopic (exact) mass is 362 g/mol. The molecule has 0 aromatic rings. The lowest BCUT2D eigenvalue weighted by Crippen LogP contribution is -2.49. The molecule has 1 saturated carbocycles. The zero-order valence-electron chi connectivity index (χ0n) is 15.8. The second-order valence-corrected chi connectivity index (χ2v) is 8.36. The lowest BCUT2D eigenvalue weighted by atomic mass is 9.73. The topological polar surface area (TPSA) is 85.4 Å². The maximum Gasteiger partial charge on any atom is 0.333 e. The van der Waals surface area contributed by atoms with Crippen LogP contribution in [0.1, 0.15) is 41.0 Å². The minimum Gasteiger partial charge on any atom is -0.461 e. The molecule has 0 bridgehead atoms. The van der Waals surface area contributed by atoms with Crippen LogP contribution in [0.15, 0.2) is 23.3 Å². The van der Waals surface area contributed by atoms with Crippen molar-refractivity contribution < 1.29 is 28.9 Å². The summed E-state index contributed by atoms with van der Waals surface area (Å²) in [4.78, 5) is 24.7. The number of hydrogen-bond donors (Lipinski definition) is 1. The van der Waals surface area contributed by atoms with Crippen molar-refractivity contribution in [1.82, 2.24) is 0 Å². The average molecular weight is 362 g/mol. The normalized spacial score (nSPS) is 49.4. The standard InChI is InChI=1S/C20H26O6/c1-6-9(2)17(21)24-12-7-10(3)20(23)8-13-19(5,26-13)16(20)15-14(12)11(4)18(22)25-15/h6-7,11-16,23H,8H2,1-5H3/b9-6-/t11-,12-,13+,14+,15-,16-,19+,20+/m0/s1. The van der Waals surface area contributed by atoms with E-state index in [9.17, 15) is 14.7 Å². The van der Waals surface area contributed by atoms with E-state index >= 15 is 0 Å². The molecular formula is C20H26O6. The molecule has 0 aromatic carbocycles. The van der Waals surface area contributed by atoms with E-state index in [1.54, 1.807) is 26.8 Å². The molecule has 2 aliphatic heterocycles. The van der Waals surface area contributed by atoms with Crippen molar-refractivity contribution in [3.63, 3.8) is 0 Å². The van der Waals surface area contributed by atoms with Crippen molar-refractivity contribution in [3.05, 3.63) is 23.3 Å². The third-order valence-corrected chi connectivity index (χ3v) is 6.99. The Morgan fingerprint density at radius 3 is 2.81 bits per heavy atom. The molecule has 26 heavy (non-hydrogen) atoms. The van der Waals surface area contributed by atoms with Gasteiger partial charge in [0.25, 0.3) is 0 Å². The molecule has 0 spiro atoms. The number of carbonyl (C=O) groups excluding carboxylic acids is 2. The van der Waals surface area contributed by atoms with E-state index in [-0.39, 0.29) is 23.9 Å². The second kappa shape index (κ2) is 5.42. The van der Waals surface area contributed by atoms with Gasteiger partial charge in [0.2, 0.25) is 0 Å². The van der Waals surface area contributed by atoms with Gasteiger partial charge in [-0.1, -0.05) is 13.0 Å². The van der Waals surface area contributed by atoms with Crippen LogP contribution in [0.3, 0.4) is 0 Å². The quantitative estimate of drug-likeness (QED) is 0.350. The average Bonchev–Trinajstić information content (AvgIpc) is 3.05. The Morgan fingerprint density at radius 2 is 2.15 bits per heavy atom. The van der Waals surface area contributed by atoms with Gasteiger partial charge in [-0.05, 0) is 39.3 Å². The van der Waals surface area contributed by atoms with Crippen LogP contribution >= 0.6 is 0 Å². The largest absolute Gasteiger partial charge is 0.461 e. The molecule has 0 aromatic heterocycles. The van der Waals surface area contributed by atoms with Gasteiger partial charge in [-0.25, -0.2) is 4.79 Å². The Labute approximate surface area is 153 Å². The van der Waals surface area contributed by atoms with E-state index in [1.165, 1.54) is 0 Å². The van der Waals surface area contributed by atoms with Crippen LogP contribution in [0.5, 0.6) is 0 Å². The van der Waals surface area contributed by atoms with Crippen molar-refractivity contribution in [2.45, 2.75) is 70.6 Å². The summed E-state index contributed by atoms with van der Waals surface area (Å²) in [5.74, 6) is -1.85. The molecule has 4 rings (SSSR count). The highest BCUT2D eigenvalue weighted by atomic mass is 16.6. The van der Waals surface area contributed by atoms with Gasteiger partial charge in [0.05, 0.1) is 29.5 Å². The van der Waals surface area contributed by atoms with E-state index in [2.05, 4.69) is 0 Å². The number of carbonyl (C=O) groups is 2. The number of fused-ring (bicyclic) bond motifs is 5. The molecule has 0 radical (unpaired) electrons. The van der Waals surface area contributed by atoms with Crippen molar-refractivity contribution in [2.75, 3.05) is 0 Å². The zero-order chi connectivity index (χ0) is 19.0. The first-order valence-electron chi connectivity index (χ1n) is 9.27. The number of aliphatic hydroxyl groups is 1. The summed E-state index contributed by atoms with van der Waals surface area (Å²) in [5, 5.41) is 11.5. The Morgan fingerprint density at radius 1 is 1.46 bits per heavy atom. The molecule has 3 fully saturated rings. The fourth-order valence-corrected chi connectivity index (χ4v) is 5.15. The van der Waals surface area contributed by atoms with E-state index in [0.29, 0.717) is 12.0 Å². The molecule has 4 aliphatic rings. The molecule has 6 heteroatoms. The van der Waals surface area contributed by atoms with Gasteiger partial charge in [-0.15, -0.1) is 0 Å². The SMILES string of the molecule is C/C=C(/C)C(=O)O[C@H]1C=C(C)[C@]2(O)C[C@H]3O[C@@]3(C)[C@@H]2[C@H]2OC(=O)[C@@H](C)[C@@H]21. The second-order valence-electron chi connectivity index (χ2n) is 8.36. The molecule has 0 amide bonds. The molecular weight excluding hydrogens is 336 g/mol. The Hall–Kier alpha value is -1.66. The summed E-state index contributed by atoms with van der Waals surface area (Å²) in [6.45, 7) is 9.10. The number of hydrogen-bond acceptors (Lipinski definition) is 6. The Balaban J connectivity index is 1.77. The van der Waals surface area contributed by atoms with Crippen LogP contribution in [0.2, 0.25) is 0 Å². The summed E-state index contributed by atoms with van der Waals surface area (Å²) in [6, 6.07) is 0. The van der Waals surface area contributed by atoms with Crippen LogP contribution in [0.25, 0.3) is 0 Å². The van der Waals surface area contributed by atoms with Gasteiger partial charge in [0.1, 0.15) is 17.8 Å². The number of allylic oxidation sites excluding steroid dienone is 1. The van der Waals surface area contributed by atoms with Crippen LogP contribution in [-0.4, -0.2) is 46.6 Å². The highest BCUT2D eigenvalue weighted by Gasteiger charge is 2.76. The third-order valence-electron chi connectivity index (χ3n) is 6.99. The molecule has 2 aliphatic carbocycles. The highest BCUT2D eigenvalue weighted by molar-refractivity contribution is 5.88. The number of esters is 2. The molecule has 1 N–H and O–H groups in total. The predicted molar refractivity (Wildman–Crippen MR) is 91.9 cm³/mol. The van der Waals surface area contributed by atoms with E-state index in [1.807, 2.05) is 19.9 Å². The first kappa shape index (κ1) is 17.7. The van der Waals surface area contributed by atoms with Crippen LogP contribution in [0.4, 0.5) is 0 Å². The van der Waals surface area contributed by atoms with E-state index in [4.69, 9.17) is 14.2 Å². The molecule has 2 saturated heterocycles. The van der Waals surface area contributed by atoms with Gasteiger partial charge in [-0.2, -0.15) is 0 Å². The zero-order valence-corrected chi connectivity index (χ0v) is 15.8. The summed E-state index contributed by atoms with van der Waals surface area (Å²) >= 11 is 0. The minimum absolute atomic E-state index is 0.0273. The smallest absolute Gasteiger partial charge is 0.333 e.